The summed E-state index contributed by atoms with van der Waals surface area (Å²) in [5.74, 6) is -0.822. The molecule has 0 bridgehead atoms. The summed E-state index contributed by atoms with van der Waals surface area (Å²) in [6.07, 6.45) is 12.8. The van der Waals surface area contributed by atoms with Crippen molar-refractivity contribution in [2.24, 2.45) is 0 Å². The highest BCUT2D eigenvalue weighted by Crippen LogP contribution is 2.30. The molecular formula is C23H44O6. The Kier molecular flexibility index (Phi) is 13.8. The zero-order valence-electron chi connectivity index (χ0n) is 18.4. The van der Waals surface area contributed by atoms with Crippen molar-refractivity contribution in [2.45, 2.75) is 134 Å². The number of hydrogen-bond acceptors (Lipinski definition) is 6. The molecule has 1 aliphatic rings. The minimum absolute atomic E-state index is 0.230. The molecule has 6 nitrogen and oxygen atoms in total. The summed E-state index contributed by atoms with van der Waals surface area (Å²) in [4.78, 5) is 12.1. The van der Waals surface area contributed by atoms with Crippen molar-refractivity contribution in [3.05, 3.63) is 0 Å². The molecule has 4 N–H and O–H groups in total. The van der Waals surface area contributed by atoms with E-state index < -0.39 is 29.9 Å². The summed E-state index contributed by atoms with van der Waals surface area (Å²) in [6.45, 7) is 2.48. The predicted octanol–water partition coefficient (Wildman–Crippen LogP) is 3.62. The van der Waals surface area contributed by atoms with Crippen molar-refractivity contribution < 1.29 is 30.0 Å². The maximum absolute atomic E-state index is 12.1. The van der Waals surface area contributed by atoms with Crippen LogP contribution in [0, 0.1) is 0 Å². The van der Waals surface area contributed by atoms with E-state index in [-0.39, 0.29) is 19.4 Å². The molecule has 1 saturated carbocycles. The zero-order valence-corrected chi connectivity index (χ0v) is 18.4. The fourth-order valence-electron chi connectivity index (χ4n) is 4.04. The number of ether oxygens (including phenoxy) is 1. The van der Waals surface area contributed by atoms with Gasteiger partial charge in [0.2, 0.25) is 0 Å². The van der Waals surface area contributed by atoms with Crippen LogP contribution >= 0.6 is 0 Å². The average Bonchev–Trinajstić information content (AvgIpc) is 2.68. The number of unbranched alkanes of at least 4 members (excludes halogenated alkanes) is 13. The number of esters is 1. The first-order valence-corrected chi connectivity index (χ1v) is 11.8. The predicted molar refractivity (Wildman–Crippen MR) is 113 cm³/mol. The first kappa shape index (κ1) is 26.3. The van der Waals surface area contributed by atoms with Crippen molar-refractivity contribution in [1.82, 2.24) is 0 Å². The molecule has 29 heavy (non-hydrogen) atoms. The lowest BCUT2D eigenvalue weighted by molar-refractivity contribution is -0.192. The Bertz CT molecular complexity index is 416. The van der Waals surface area contributed by atoms with Crippen LogP contribution in [0.4, 0.5) is 0 Å². The first-order chi connectivity index (χ1) is 13.9. The third-order valence-corrected chi connectivity index (χ3v) is 5.99. The van der Waals surface area contributed by atoms with Gasteiger partial charge in [-0.15, -0.1) is 0 Å². The van der Waals surface area contributed by atoms with E-state index in [0.29, 0.717) is 0 Å². The fraction of sp³-hybridized carbons (Fsp3) is 0.957. The van der Waals surface area contributed by atoms with E-state index in [9.17, 15) is 25.2 Å². The number of aliphatic hydroxyl groups excluding tert-OH is 3. The lowest BCUT2D eigenvalue weighted by Gasteiger charge is -2.38. The summed E-state index contributed by atoms with van der Waals surface area (Å²) in [5, 5.41) is 39.1. The van der Waals surface area contributed by atoms with E-state index >= 15 is 0 Å². The van der Waals surface area contributed by atoms with Gasteiger partial charge in [-0.1, -0.05) is 90.4 Å². The summed E-state index contributed by atoms with van der Waals surface area (Å²) in [5.41, 5.74) is -1.92. The fourth-order valence-corrected chi connectivity index (χ4v) is 4.04. The van der Waals surface area contributed by atoms with Crippen LogP contribution < -0.4 is 0 Å². The molecule has 0 aromatic carbocycles. The van der Waals surface area contributed by atoms with E-state index in [1.54, 1.807) is 0 Å². The minimum Gasteiger partial charge on any atom is -0.464 e. The van der Waals surface area contributed by atoms with Crippen LogP contribution in [0.15, 0.2) is 0 Å². The largest absolute Gasteiger partial charge is 0.464 e. The molecule has 0 saturated heterocycles. The second-order valence-corrected chi connectivity index (χ2v) is 8.80. The van der Waals surface area contributed by atoms with Gasteiger partial charge in [0.25, 0.3) is 0 Å². The molecule has 1 fully saturated rings. The molecule has 0 aromatic rings. The Morgan fingerprint density at radius 1 is 0.759 bits per heavy atom. The van der Waals surface area contributed by atoms with Gasteiger partial charge in [-0.3, -0.25) is 0 Å². The Morgan fingerprint density at radius 3 is 1.55 bits per heavy atom. The highest BCUT2D eigenvalue weighted by Gasteiger charge is 2.49. The second kappa shape index (κ2) is 15.2. The molecule has 1 rings (SSSR count). The molecule has 0 heterocycles. The Morgan fingerprint density at radius 2 is 1.14 bits per heavy atom. The minimum atomic E-state index is -1.92. The summed E-state index contributed by atoms with van der Waals surface area (Å²) < 4.78 is 5.13. The topological polar surface area (TPSA) is 107 Å². The molecule has 0 spiro atoms. The third kappa shape index (κ3) is 10.8. The van der Waals surface area contributed by atoms with E-state index in [1.807, 2.05) is 0 Å². The molecular weight excluding hydrogens is 372 g/mol. The SMILES string of the molecule is CCCCCCCCCCCCCCCCOC(=O)C1(O)C[C@H](O)C(O)[C@@H](O)C1. The van der Waals surface area contributed by atoms with Crippen LogP contribution in [-0.4, -0.2) is 56.9 Å². The summed E-state index contributed by atoms with van der Waals surface area (Å²) in [7, 11) is 0. The molecule has 172 valence electrons. The van der Waals surface area contributed by atoms with Gasteiger partial charge in [-0.05, 0) is 6.42 Å². The third-order valence-electron chi connectivity index (χ3n) is 5.99. The van der Waals surface area contributed by atoms with Gasteiger partial charge in [0.1, 0.15) is 6.10 Å². The van der Waals surface area contributed by atoms with Gasteiger partial charge < -0.3 is 25.2 Å². The van der Waals surface area contributed by atoms with Crippen molar-refractivity contribution in [3.63, 3.8) is 0 Å². The molecule has 0 aliphatic heterocycles. The van der Waals surface area contributed by atoms with E-state index in [2.05, 4.69) is 6.92 Å². The quantitative estimate of drug-likeness (QED) is 0.226. The van der Waals surface area contributed by atoms with Crippen LogP contribution in [0.5, 0.6) is 0 Å². The number of carbonyl (C=O) groups is 1. The average molecular weight is 417 g/mol. The lowest BCUT2D eigenvalue weighted by Crippen LogP contribution is -2.56. The van der Waals surface area contributed by atoms with Crippen molar-refractivity contribution in [1.29, 1.82) is 0 Å². The van der Waals surface area contributed by atoms with Crippen LogP contribution in [0.1, 0.15) is 110 Å². The molecule has 0 amide bonds. The van der Waals surface area contributed by atoms with Gasteiger partial charge in [0.05, 0.1) is 18.8 Å². The molecule has 2 atom stereocenters. The van der Waals surface area contributed by atoms with Gasteiger partial charge in [-0.25, -0.2) is 4.79 Å². The van der Waals surface area contributed by atoms with Crippen LogP contribution in [0.3, 0.4) is 0 Å². The van der Waals surface area contributed by atoms with Crippen molar-refractivity contribution >= 4 is 5.97 Å². The van der Waals surface area contributed by atoms with Crippen LogP contribution in [-0.2, 0) is 9.53 Å². The molecule has 0 unspecified atom stereocenters. The zero-order chi connectivity index (χ0) is 21.5. The molecule has 1 aliphatic carbocycles. The van der Waals surface area contributed by atoms with E-state index in [0.717, 1.165) is 19.3 Å². The standard InChI is InChI=1S/C23H44O6/c1-2-3-4-5-6-7-8-9-10-11-12-13-14-15-16-29-22(27)23(28)17-19(24)21(26)20(25)18-23/h19-21,24-26,28H,2-18H2,1H3/t19-,20-,21?,23?/m0/s1. The van der Waals surface area contributed by atoms with Crippen molar-refractivity contribution in [2.75, 3.05) is 6.61 Å². The molecule has 0 aromatic heterocycles. The van der Waals surface area contributed by atoms with Gasteiger partial charge in [-0.2, -0.15) is 0 Å². The van der Waals surface area contributed by atoms with Crippen LogP contribution in [0.2, 0.25) is 0 Å². The second-order valence-electron chi connectivity index (χ2n) is 8.80. The number of hydrogen-bond donors (Lipinski definition) is 4. The van der Waals surface area contributed by atoms with Gasteiger partial charge in [0, 0.05) is 12.8 Å². The highest BCUT2D eigenvalue weighted by atomic mass is 16.5. The molecule has 6 heteroatoms. The monoisotopic (exact) mass is 416 g/mol. The van der Waals surface area contributed by atoms with Crippen LogP contribution in [0.25, 0.3) is 0 Å². The Hall–Kier alpha value is -0.690. The maximum atomic E-state index is 12.1. The number of aliphatic hydroxyl groups is 4. The number of carbonyl (C=O) groups excluding carboxylic acids is 1. The number of rotatable bonds is 16. The smallest absolute Gasteiger partial charge is 0.338 e. The van der Waals surface area contributed by atoms with E-state index in [4.69, 9.17) is 4.74 Å². The van der Waals surface area contributed by atoms with E-state index in [1.165, 1.54) is 70.6 Å². The Balaban J connectivity index is 1.94. The summed E-state index contributed by atoms with van der Waals surface area (Å²) >= 11 is 0. The maximum Gasteiger partial charge on any atom is 0.338 e. The molecule has 0 radical (unpaired) electrons. The normalized spacial score (nSPS) is 27.1. The Labute approximate surface area is 176 Å². The van der Waals surface area contributed by atoms with Gasteiger partial charge in [0.15, 0.2) is 5.60 Å². The summed E-state index contributed by atoms with van der Waals surface area (Å²) in [6, 6.07) is 0. The lowest BCUT2D eigenvalue weighted by atomic mass is 9.80. The van der Waals surface area contributed by atoms with Crippen molar-refractivity contribution in [3.8, 4) is 0 Å². The first-order valence-electron chi connectivity index (χ1n) is 11.8. The van der Waals surface area contributed by atoms with Gasteiger partial charge >= 0.3 is 5.97 Å². The highest BCUT2D eigenvalue weighted by molar-refractivity contribution is 5.79.